The summed E-state index contributed by atoms with van der Waals surface area (Å²) in [6.45, 7) is 1.28. The molecular weight excluding hydrogens is 363 g/mol. The van der Waals surface area contributed by atoms with Crippen molar-refractivity contribution in [2.24, 2.45) is 0 Å². The predicted molar refractivity (Wildman–Crippen MR) is 105 cm³/mol. The van der Waals surface area contributed by atoms with Crippen molar-refractivity contribution in [2.45, 2.75) is 30.2 Å². The molecule has 4 nitrogen and oxygen atoms in total. The standard InChI is InChI=1S/C21H23FN2O2S/c22-18-8-4-5-9-19(18)27-15-12-20(25)24-13-10-17(11-14-24)23-21(26)16-6-2-1-3-7-16/h1-9,17H,10-15H2,(H,23,26). The van der Waals surface area contributed by atoms with Crippen LogP contribution in [-0.4, -0.2) is 41.6 Å². The number of rotatable bonds is 6. The van der Waals surface area contributed by atoms with Gasteiger partial charge in [-0.2, -0.15) is 0 Å². The summed E-state index contributed by atoms with van der Waals surface area (Å²) in [5, 5.41) is 3.04. The monoisotopic (exact) mass is 386 g/mol. The molecule has 1 aliphatic heterocycles. The first-order valence-electron chi connectivity index (χ1n) is 9.14. The lowest BCUT2D eigenvalue weighted by atomic mass is 10.0. The molecule has 27 heavy (non-hydrogen) atoms. The van der Waals surface area contributed by atoms with Gasteiger partial charge in [0.15, 0.2) is 0 Å². The average molecular weight is 386 g/mol. The van der Waals surface area contributed by atoms with Crippen LogP contribution in [0, 0.1) is 5.82 Å². The van der Waals surface area contributed by atoms with Crippen molar-refractivity contribution in [1.82, 2.24) is 10.2 Å². The lowest BCUT2D eigenvalue weighted by Gasteiger charge is -2.32. The largest absolute Gasteiger partial charge is 0.349 e. The molecule has 1 N–H and O–H groups in total. The van der Waals surface area contributed by atoms with Gasteiger partial charge in [-0.1, -0.05) is 30.3 Å². The van der Waals surface area contributed by atoms with Crippen LogP contribution in [0.3, 0.4) is 0 Å². The van der Waals surface area contributed by atoms with Crippen molar-refractivity contribution < 1.29 is 14.0 Å². The van der Waals surface area contributed by atoms with Crippen molar-refractivity contribution in [3.8, 4) is 0 Å². The molecule has 1 aliphatic rings. The minimum Gasteiger partial charge on any atom is -0.349 e. The number of hydrogen-bond acceptors (Lipinski definition) is 3. The van der Waals surface area contributed by atoms with Crippen LogP contribution in [0.2, 0.25) is 0 Å². The highest BCUT2D eigenvalue weighted by Crippen LogP contribution is 2.22. The predicted octanol–water partition coefficient (Wildman–Crippen LogP) is 3.73. The van der Waals surface area contributed by atoms with Crippen molar-refractivity contribution >= 4 is 23.6 Å². The third-order valence-electron chi connectivity index (χ3n) is 4.63. The van der Waals surface area contributed by atoms with Crippen molar-refractivity contribution in [2.75, 3.05) is 18.8 Å². The number of nitrogens with one attached hydrogen (secondary N) is 1. The van der Waals surface area contributed by atoms with E-state index in [-0.39, 0.29) is 23.7 Å². The zero-order valence-corrected chi connectivity index (χ0v) is 15.9. The molecule has 1 fully saturated rings. The molecule has 0 aliphatic carbocycles. The number of hydrogen-bond donors (Lipinski definition) is 1. The summed E-state index contributed by atoms with van der Waals surface area (Å²) < 4.78 is 13.6. The third kappa shape index (κ3) is 5.57. The smallest absolute Gasteiger partial charge is 0.251 e. The van der Waals surface area contributed by atoms with E-state index in [1.54, 1.807) is 30.3 Å². The maximum atomic E-state index is 13.6. The summed E-state index contributed by atoms with van der Waals surface area (Å²) in [6.07, 6.45) is 1.90. The van der Waals surface area contributed by atoms with Crippen LogP contribution >= 0.6 is 11.8 Å². The Labute approximate surface area is 163 Å². The van der Waals surface area contributed by atoms with Gasteiger partial charge in [-0.05, 0) is 37.1 Å². The molecule has 0 saturated carbocycles. The summed E-state index contributed by atoms with van der Waals surface area (Å²) in [7, 11) is 0. The van der Waals surface area contributed by atoms with Crippen molar-refractivity contribution in [3.05, 3.63) is 66.0 Å². The highest BCUT2D eigenvalue weighted by molar-refractivity contribution is 7.99. The molecule has 2 aromatic rings. The molecule has 0 atom stereocenters. The summed E-state index contributed by atoms with van der Waals surface area (Å²) in [6, 6.07) is 15.9. The number of benzene rings is 2. The molecule has 0 spiro atoms. The second-order valence-electron chi connectivity index (χ2n) is 6.52. The maximum absolute atomic E-state index is 13.6. The number of thioether (sulfide) groups is 1. The number of nitrogens with zero attached hydrogens (tertiary/aromatic N) is 1. The van der Waals surface area contributed by atoms with Gasteiger partial charge in [0.25, 0.3) is 5.91 Å². The van der Waals surface area contributed by atoms with Gasteiger partial charge in [-0.25, -0.2) is 4.39 Å². The van der Waals surface area contributed by atoms with Gasteiger partial charge in [0.2, 0.25) is 5.91 Å². The molecule has 1 saturated heterocycles. The van der Waals surface area contributed by atoms with Crippen LogP contribution in [0.25, 0.3) is 0 Å². The highest BCUT2D eigenvalue weighted by atomic mass is 32.2. The molecule has 3 rings (SSSR count). The first-order valence-corrected chi connectivity index (χ1v) is 10.1. The molecule has 6 heteroatoms. The van der Waals surface area contributed by atoms with Gasteiger partial charge >= 0.3 is 0 Å². The second kappa shape index (κ2) is 9.55. The Morgan fingerprint density at radius 3 is 2.41 bits per heavy atom. The second-order valence-corrected chi connectivity index (χ2v) is 7.66. The van der Waals surface area contributed by atoms with Crippen LogP contribution in [0.4, 0.5) is 4.39 Å². The summed E-state index contributed by atoms with van der Waals surface area (Å²) in [4.78, 5) is 27.0. The molecule has 0 bridgehead atoms. The Morgan fingerprint density at radius 1 is 1.04 bits per heavy atom. The van der Waals surface area contributed by atoms with Crippen LogP contribution in [0.5, 0.6) is 0 Å². The van der Waals surface area contributed by atoms with E-state index in [9.17, 15) is 14.0 Å². The van der Waals surface area contributed by atoms with E-state index in [1.807, 2.05) is 23.1 Å². The van der Waals surface area contributed by atoms with Gasteiger partial charge in [0.05, 0.1) is 0 Å². The third-order valence-corrected chi connectivity index (χ3v) is 5.68. The number of carbonyl (C=O) groups excluding carboxylic acids is 2. The summed E-state index contributed by atoms with van der Waals surface area (Å²) in [5.74, 6) is 0.336. The fraction of sp³-hybridized carbons (Fsp3) is 0.333. The minimum atomic E-state index is -0.245. The Bertz CT molecular complexity index is 777. The molecule has 2 amide bonds. The molecule has 1 heterocycles. The van der Waals surface area contributed by atoms with E-state index >= 15 is 0 Å². The first-order chi connectivity index (χ1) is 13.1. The SMILES string of the molecule is O=C(NC1CCN(C(=O)CCSc2ccccc2F)CC1)c1ccccc1. The quantitative estimate of drug-likeness (QED) is 0.770. The van der Waals surface area contributed by atoms with E-state index in [4.69, 9.17) is 0 Å². The first kappa shape index (κ1) is 19.4. The van der Waals surface area contributed by atoms with Crippen molar-refractivity contribution in [3.63, 3.8) is 0 Å². The number of piperidine rings is 1. The lowest BCUT2D eigenvalue weighted by Crippen LogP contribution is -2.46. The molecule has 0 unspecified atom stereocenters. The molecule has 0 aromatic heterocycles. The zero-order valence-electron chi connectivity index (χ0n) is 15.1. The Balaban J connectivity index is 1.39. The number of likely N-dealkylation sites (tertiary alicyclic amines) is 1. The van der Waals surface area contributed by atoms with Crippen LogP contribution < -0.4 is 5.32 Å². The molecule has 0 radical (unpaired) electrons. The van der Waals surface area contributed by atoms with E-state index in [0.29, 0.717) is 35.7 Å². The number of amides is 2. The zero-order chi connectivity index (χ0) is 19.1. The Kier molecular flexibility index (Phi) is 6.87. The summed E-state index contributed by atoms with van der Waals surface area (Å²) in [5.41, 5.74) is 0.654. The number of carbonyl (C=O) groups is 2. The minimum absolute atomic E-state index is 0.0679. The number of halogens is 1. The normalized spacial score (nSPS) is 14.8. The van der Waals surface area contributed by atoms with Crippen LogP contribution in [0.1, 0.15) is 29.6 Å². The van der Waals surface area contributed by atoms with Gasteiger partial charge in [-0.15, -0.1) is 11.8 Å². The van der Waals surface area contributed by atoms with E-state index in [1.165, 1.54) is 17.8 Å². The molecular formula is C21H23FN2O2S. The van der Waals surface area contributed by atoms with E-state index < -0.39 is 0 Å². The van der Waals surface area contributed by atoms with Gasteiger partial charge < -0.3 is 10.2 Å². The molecule has 142 valence electrons. The van der Waals surface area contributed by atoms with Crippen molar-refractivity contribution in [1.29, 1.82) is 0 Å². The van der Waals surface area contributed by atoms with Gasteiger partial charge in [-0.3, -0.25) is 9.59 Å². The topological polar surface area (TPSA) is 49.4 Å². The van der Waals surface area contributed by atoms with Crippen LogP contribution in [-0.2, 0) is 4.79 Å². The van der Waals surface area contributed by atoms with Crippen LogP contribution in [0.15, 0.2) is 59.5 Å². The molecule has 2 aromatic carbocycles. The average Bonchev–Trinajstić information content (AvgIpc) is 2.70. The van der Waals surface area contributed by atoms with Gasteiger partial charge in [0.1, 0.15) is 5.82 Å². The maximum Gasteiger partial charge on any atom is 0.251 e. The fourth-order valence-corrected chi connectivity index (χ4v) is 3.98. The highest BCUT2D eigenvalue weighted by Gasteiger charge is 2.23. The van der Waals surface area contributed by atoms with E-state index in [2.05, 4.69) is 5.32 Å². The van der Waals surface area contributed by atoms with Gasteiger partial charge in [0, 0.05) is 41.8 Å². The Hall–Kier alpha value is -2.34. The summed E-state index contributed by atoms with van der Waals surface area (Å²) >= 11 is 1.37. The fourth-order valence-electron chi connectivity index (χ4n) is 3.10. The Morgan fingerprint density at radius 2 is 1.70 bits per heavy atom. The lowest BCUT2D eigenvalue weighted by molar-refractivity contribution is -0.131. The van der Waals surface area contributed by atoms with E-state index in [0.717, 1.165) is 12.8 Å².